The summed E-state index contributed by atoms with van der Waals surface area (Å²) < 4.78 is 35.9. The van der Waals surface area contributed by atoms with Crippen LogP contribution in [0.15, 0.2) is 42.7 Å². The smallest absolute Gasteiger partial charge is 0.229 e. The van der Waals surface area contributed by atoms with Gasteiger partial charge in [-0.15, -0.1) is 0 Å². The summed E-state index contributed by atoms with van der Waals surface area (Å²) in [7, 11) is 0. The van der Waals surface area contributed by atoms with Crippen molar-refractivity contribution in [3.63, 3.8) is 0 Å². The highest BCUT2D eigenvalue weighted by Crippen LogP contribution is 2.41. The molecule has 1 aliphatic carbocycles. The molecular weight excluding hydrogens is 452 g/mol. The maximum atomic E-state index is 14.6. The number of rotatable bonds is 2. The molecule has 6 rings (SSSR count). The standard InChI is InChI=1S/C25H23F2N7O/c1-14-29-13-34(33-14)21-8-4-16-12-22(21)35-10-2-9-28-24-19-7-6-18(23(19)31-25(30-16)32-24)17-5-3-15(26)11-20(17)27/h3-5,8,11-13,18H,2,6-7,9-10H2,1H3,(H2,28,30,31,32). The summed E-state index contributed by atoms with van der Waals surface area (Å²) in [6, 6.07) is 9.42. The Morgan fingerprint density at radius 1 is 1.11 bits per heavy atom. The Balaban J connectivity index is 1.40. The predicted molar refractivity (Wildman–Crippen MR) is 127 cm³/mol. The van der Waals surface area contributed by atoms with E-state index in [0.717, 1.165) is 40.9 Å². The van der Waals surface area contributed by atoms with E-state index in [9.17, 15) is 8.78 Å². The summed E-state index contributed by atoms with van der Waals surface area (Å²) in [6.45, 7) is 2.98. The van der Waals surface area contributed by atoms with Crippen molar-refractivity contribution in [1.29, 1.82) is 0 Å². The van der Waals surface area contributed by atoms with E-state index in [0.29, 0.717) is 49.1 Å². The third kappa shape index (κ3) is 4.05. The molecule has 3 heterocycles. The maximum absolute atomic E-state index is 14.6. The molecule has 1 aliphatic heterocycles. The van der Waals surface area contributed by atoms with Crippen LogP contribution in [0.2, 0.25) is 0 Å². The van der Waals surface area contributed by atoms with Crippen molar-refractivity contribution in [1.82, 2.24) is 24.7 Å². The number of aromatic nitrogens is 5. The van der Waals surface area contributed by atoms with Crippen molar-refractivity contribution in [2.24, 2.45) is 0 Å². The minimum Gasteiger partial charge on any atom is -0.491 e. The zero-order valence-corrected chi connectivity index (χ0v) is 19.1. The summed E-state index contributed by atoms with van der Waals surface area (Å²) in [5.41, 5.74) is 3.71. The number of nitrogens with zero attached hydrogens (tertiary/aromatic N) is 5. The molecule has 0 saturated carbocycles. The Kier molecular flexibility index (Phi) is 5.28. The van der Waals surface area contributed by atoms with Crippen LogP contribution in [0.1, 0.15) is 41.4 Å². The van der Waals surface area contributed by atoms with E-state index in [1.54, 1.807) is 11.0 Å². The summed E-state index contributed by atoms with van der Waals surface area (Å²) in [5.74, 6) is 1.06. The van der Waals surface area contributed by atoms with Gasteiger partial charge < -0.3 is 15.4 Å². The lowest BCUT2D eigenvalue weighted by Gasteiger charge is -2.18. The Hall–Kier alpha value is -4.08. The predicted octanol–water partition coefficient (Wildman–Crippen LogP) is 4.66. The molecule has 0 spiro atoms. The number of nitrogens with one attached hydrogen (secondary N) is 2. The quantitative estimate of drug-likeness (QED) is 0.436. The number of hydrogen-bond acceptors (Lipinski definition) is 7. The number of halogens is 2. The fraction of sp³-hybridized carbons (Fsp3) is 0.280. The summed E-state index contributed by atoms with van der Waals surface area (Å²) in [5, 5.41) is 11.1. The molecule has 0 saturated heterocycles. The SMILES string of the molecule is Cc1ncn(-c2ccc3cc2OCCCNc2nc(nc4c2CCC4c2ccc(F)cc2F)N3)n1. The van der Waals surface area contributed by atoms with E-state index in [2.05, 4.69) is 20.7 Å². The molecule has 1 atom stereocenters. The van der Waals surface area contributed by atoms with Gasteiger partial charge in [-0.2, -0.15) is 10.1 Å². The van der Waals surface area contributed by atoms with Crippen molar-refractivity contribution in [2.45, 2.75) is 32.1 Å². The lowest BCUT2D eigenvalue weighted by Crippen LogP contribution is -2.14. The van der Waals surface area contributed by atoms with E-state index < -0.39 is 11.6 Å². The lowest BCUT2D eigenvalue weighted by atomic mass is 9.96. The average Bonchev–Trinajstić information content (AvgIpc) is 3.45. The van der Waals surface area contributed by atoms with Crippen LogP contribution in [0.5, 0.6) is 5.75 Å². The van der Waals surface area contributed by atoms with E-state index >= 15 is 0 Å². The number of fused-ring (bicyclic) bond motifs is 6. The second kappa shape index (κ2) is 8.61. The van der Waals surface area contributed by atoms with Gasteiger partial charge in [0.25, 0.3) is 0 Å². The number of benzene rings is 2. The Bertz CT molecular complexity index is 1420. The van der Waals surface area contributed by atoms with Gasteiger partial charge in [-0.1, -0.05) is 6.07 Å². The first-order valence-electron chi connectivity index (χ1n) is 11.6. The van der Waals surface area contributed by atoms with E-state index in [1.807, 2.05) is 25.1 Å². The zero-order valence-electron chi connectivity index (χ0n) is 19.1. The van der Waals surface area contributed by atoms with Gasteiger partial charge in [0.1, 0.15) is 41.0 Å². The normalized spacial score (nSPS) is 16.8. The molecule has 0 fully saturated rings. The minimum absolute atomic E-state index is 0.264. The molecule has 2 aromatic carbocycles. The fourth-order valence-electron chi connectivity index (χ4n) is 4.70. The summed E-state index contributed by atoms with van der Waals surface area (Å²) in [6.07, 6.45) is 3.80. The summed E-state index contributed by atoms with van der Waals surface area (Å²) in [4.78, 5) is 13.7. The third-order valence-corrected chi connectivity index (χ3v) is 6.33. The monoisotopic (exact) mass is 475 g/mol. The molecule has 8 nitrogen and oxygen atoms in total. The number of hydrogen-bond donors (Lipinski definition) is 2. The second-order valence-corrected chi connectivity index (χ2v) is 8.69. The first kappa shape index (κ1) is 21.5. The molecule has 4 bridgehead atoms. The first-order chi connectivity index (χ1) is 17.0. The number of aryl methyl sites for hydroxylation is 1. The van der Waals surface area contributed by atoms with E-state index in [-0.39, 0.29) is 5.92 Å². The van der Waals surface area contributed by atoms with Crippen LogP contribution in [0.4, 0.5) is 26.2 Å². The van der Waals surface area contributed by atoms with Crippen LogP contribution in [0.25, 0.3) is 5.69 Å². The lowest BCUT2D eigenvalue weighted by molar-refractivity contribution is 0.313. The largest absolute Gasteiger partial charge is 0.491 e. The molecular formula is C25H23F2N7O. The van der Waals surface area contributed by atoms with Gasteiger partial charge in [0.2, 0.25) is 5.95 Å². The Labute approximate surface area is 200 Å². The highest BCUT2D eigenvalue weighted by Gasteiger charge is 2.31. The second-order valence-electron chi connectivity index (χ2n) is 8.69. The highest BCUT2D eigenvalue weighted by atomic mass is 19.1. The number of anilines is 3. The minimum atomic E-state index is -0.589. The van der Waals surface area contributed by atoms with Crippen LogP contribution in [-0.2, 0) is 6.42 Å². The van der Waals surface area contributed by atoms with Crippen molar-refractivity contribution < 1.29 is 13.5 Å². The molecule has 2 aromatic heterocycles. The topological polar surface area (TPSA) is 89.8 Å². The van der Waals surface area contributed by atoms with Crippen molar-refractivity contribution in [3.8, 4) is 11.4 Å². The van der Waals surface area contributed by atoms with Crippen molar-refractivity contribution in [2.75, 3.05) is 23.8 Å². The molecule has 2 aliphatic rings. The van der Waals surface area contributed by atoms with Crippen LogP contribution in [0.3, 0.4) is 0 Å². The van der Waals surface area contributed by atoms with Gasteiger partial charge in [-0.05, 0) is 49.9 Å². The van der Waals surface area contributed by atoms with E-state index in [4.69, 9.17) is 14.7 Å². The first-order valence-corrected chi connectivity index (χ1v) is 11.6. The number of ether oxygens (including phenoxy) is 1. The van der Waals surface area contributed by atoms with Gasteiger partial charge in [0.15, 0.2) is 0 Å². The summed E-state index contributed by atoms with van der Waals surface area (Å²) >= 11 is 0. The highest BCUT2D eigenvalue weighted by molar-refractivity contribution is 5.64. The van der Waals surface area contributed by atoms with Gasteiger partial charge in [-0.3, -0.25) is 0 Å². The molecule has 178 valence electrons. The fourth-order valence-corrected chi connectivity index (χ4v) is 4.70. The van der Waals surface area contributed by atoms with E-state index in [1.165, 1.54) is 12.1 Å². The van der Waals surface area contributed by atoms with Gasteiger partial charge >= 0.3 is 0 Å². The van der Waals surface area contributed by atoms with Gasteiger partial charge in [0.05, 0.1) is 12.3 Å². The Morgan fingerprint density at radius 3 is 2.86 bits per heavy atom. The molecule has 1 unspecified atom stereocenters. The molecule has 0 radical (unpaired) electrons. The van der Waals surface area contributed by atoms with Crippen molar-refractivity contribution >= 4 is 17.5 Å². The molecule has 35 heavy (non-hydrogen) atoms. The molecule has 4 aromatic rings. The average molecular weight is 476 g/mol. The van der Waals surface area contributed by atoms with Crippen molar-refractivity contribution in [3.05, 3.63) is 77.0 Å². The third-order valence-electron chi connectivity index (χ3n) is 6.33. The van der Waals surface area contributed by atoms with Crippen LogP contribution in [0, 0.1) is 18.6 Å². The van der Waals surface area contributed by atoms with Crippen LogP contribution in [-0.4, -0.2) is 37.9 Å². The maximum Gasteiger partial charge on any atom is 0.229 e. The van der Waals surface area contributed by atoms with Gasteiger partial charge in [0, 0.05) is 35.8 Å². The molecule has 0 amide bonds. The van der Waals surface area contributed by atoms with Crippen LogP contribution >= 0.6 is 0 Å². The Morgan fingerprint density at radius 2 is 2.03 bits per heavy atom. The zero-order chi connectivity index (χ0) is 23.9. The van der Waals surface area contributed by atoms with Gasteiger partial charge in [-0.25, -0.2) is 23.4 Å². The molecule has 2 N–H and O–H groups in total. The van der Waals surface area contributed by atoms with Crippen LogP contribution < -0.4 is 15.4 Å². The molecule has 10 heteroatoms.